The van der Waals surface area contributed by atoms with Gasteiger partial charge in [0.25, 0.3) is 0 Å². The van der Waals surface area contributed by atoms with Crippen LogP contribution in [-0.4, -0.2) is 17.6 Å². The molecule has 1 rings (SSSR count). The summed E-state index contributed by atoms with van der Waals surface area (Å²) in [6, 6.07) is 4.51. The van der Waals surface area contributed by atoms with Crippen molar-refractivity contribution in [3.63, 3.8) is 0 Å². The molecular weight excluding hydrogens is 259 g/mol. The van der Waals surface area contributed by atoms with E-state index in [9.17, 15) is 18.3 Å². The first-order chi connectivity index (χ1) is 7.29. The number of alkyl halides is 3. The van der Waals surface area contributed by atoms with Crippen LogP contribution in [0.2, 0.25) is 0 Å². The van der Waals surface area contributed by atoms with Gasteiger partial charge in [0.05, 0.1) is 12.1 Å². The van der Waals surface area contributed by atoms with Gasteiger partial charge in [-0.2, -0.15) is 0 Å². The first-order valence-corrected chi connectivity index (χ1v) is 4.59. The van der Waals surface area contributed by atoms with E-state index in [1.54, 1.807) is 0 Å². The van der Waals surface area contributed by atoms with Gasteiger partial charge in [-0.05, 0) is 24.6 Å². The standard InChI is InChI=1S/C10H12F3NO2.ClH/c1-6(15)9(14)7-3-2-4-8(5-7)16-10(11,12)13;/h2-6,9,15H,14H2,1H3;1H/t6-,9-;/m0./s1. The molecule has 0 radical (unpaired) electrons. The summed E-state index contributed by atoms with van der Waals surface area (Å²) in [4.78, 5) is 0. The zero-order valence-electron chi connectivity index (χ0n) is 8.94. The zero-order valence-corrected chi connectivity index (χ0v) is 9.76. The first-order valence-electron chi connectivity index (χ1n) is 4.59. The molecule has 0 unspecified atom stereocenters. The van der Waals surface area contributed by atoms with Crippen molar-refractivity contribution in [3.05, 3.63) is 29.8 Å². The highest BCUT2D eigenvalue weighted by atomic mass is 35.5. The average Bonchev–Trinajstić information content (AvgIpc) is 2.14. The molecular formula is C10H13ClF3NO2. The second kappa shape index (κ2) is 6.09. The van der Waals surface area contributed by atoms with Gasteiger partial charge >= 0.3 is 6.36 Å². The molecule has 1 aromatic carbocycles. The van der Waals surface area contributed by atoms with E-state index in [1.165, 1.54) is 25.1 Å². The Kier molecular flexibility index (Phi) is 5.74. The van der Waals surface area contributed by atoms with Crippen LogP contribution in [0, 0.1) is 0 Å². The van der Waals surface area contributed by atoms with Gasteiger partial charge < -0.3 is 15.6 Å². The van der Waals surface area contributed by atoms with Crippen LogP contribution in [0.3, 0.4) is 0 Å². The Hall–Kier alpha value is -0.980. The van der Waals surface area contributed by atoms with E-state index in [1.807, 2.05) is 0 Å². The van der Waals surface area contributed by atoms with Crippen LogP contribution in [-0.2, 0) is 0 Å². The third-order valence-electron chi connectivity index (χ3n) is 2.00. The topological polar surface area (TPSA) is 55.5 Å². The lowest BCUT2D eigenvalue weighted by Gasteiger charge is -2.16. The number of aliphatic hydroxyl groups excluding tert-OH is 1. The van der Waals surface area contributed by atoms with Crippen LogP contribution in [0.15, 0.2) is 24.3 Å². The van der Waals surface area contributed by atoms with Crippen molar-refractivity contribution >= 4 is 12.4 Å². The minimum absolute atomic E-state index is 0. The van der Waals surface area contributed by atoms with E-state index in [0.717, 1.165) is 6.07 Å². The van der Waals surface area contributed by atoms with Crippen molar-refractivity contribution in [2.45, 2.75) is 25.4 Å². The number of rotatable bonds is 3. The number of hydrogen-bond donors (Lipinski definition) is 2. The van der Waals surface area contributed by atoms with Gasteiger partial charge in [-0.3, -0.25) is 0 Å². The smallest absolute Gasteiger partial charge is 0.406 e. The average molecular weight is 272 g/mol. The van der Waals surface area contributed by atoms with Crippen LogP contribution < -0.4 is 10.5 Å². The number of aliphatic hydroxyl groups is 1. The van der Waals surface area contributed by atoms with E-state index in [0.29, 0.717) is 5.56 Å². The number of nitrogens with two attached hydrogens (primary N) is 1. The van der Waals surface area contributed by atoms with Crippen molar-refractivity contribution in [1.82, 2.24) is 0 Å². The Bertz CT molecular complexity index is 358. The molecule has 0 saturated carbocycles. The maximum Gasteiger partial charge on any atom is 0.573 e. The van der Waals surface area contributed by atoms with Gasteiger partial charge in [0.1, 0.15) is 5.75 Å². The summed E-state index contributed by atoms with van der Waals surface area (Å²) in [6.45, 7) is 1.46. The summed E-state index contributed by atoms with van der Waals surface area (Å²) in [7, 11) is 0. The zero-order chi connectivity index (χ0) is 12.3. The fraction of sp³-hybridized carbons (Fsp3) is 0.400. The number of hydrogen-bond acceptors (Lipinski definition) is 3. The summed E-state index contributed by atoms with van der Waals surface area (Å²) in [5.41, 5.74) is 5.97. The van der Waals surface area contributed by atoms with Gasteiger partial charge in [0, 0.05) is 0 Å². The summed E-state index contributed by atoms with van der Waals surface area (Å²) in [5.74, 6) is -0.346. The Morgan fingerprint density at radius 2 is 1.94 bits per heavy atom. The molecule has 0 aromatic heterocycles. The number of benzene rings is 1. The second-order valence-corrected chi connectivity index (χ2v) is 3.39. The third kappa shape index (κ3) is 5.25. The van der Waals surface area contributed by atoms with Crippen LogP contribution >= 0.6 is 12.4 Å². The minimum Gasteiger partial charge on any atom is -0.406 e. The first kappa shape index (κ1) is 16.0. The molecule has 17 heavy (non-hydrogen) atoms. The highest BCUT2D eigenvalue weighted by Crippen LogP contribution is 2.25. The second-order valence-electron chi connectivity index (χ2n) is 3.39. The Balaban J connectivity index is 0.00000256. The highest BCUT2D eigenvalue weighted by Gasteiger charge is 2.31. The number of ether oxygens (including phenoxy) is 1. The molecule has 0 heterocycles. The Morgan fingerprint density at radius 1 is 1.35 bits per heavy atom. The maximum atomic E-state index is 11.9. The van der Waals surface area contributed by atoms with Crippen molar-refractivity contribution in [1.29, 1.82) is 0 Å². The lowest BCUT2D eigenvalue weighted by atomic mass is 10.0. The molecule has 0 saturated heterocycles. The van der Waals surface area contributed by atoms with Crippen LogP contribution in [0.25, 0.3) is 0 Å². The summed E-state index contributed by atoms with van der Waals surface area (Å²) < 4.78 is 39.5. The molecule has 0 aliphatic heterocycles. The van der Waals surface area contributed by atoms with E-state index in [2.05, 4.69) is 4.74 Å². The molecule has 0 aliphatic carbocycles. The third-order valence-corrected chi connectivity index (χ3v) is 2.00. The molecule has 3 nitrogen and oxygen atoms in total. The van der Waals surface area contributed by atoms with Crippen molar-refractivity contribution in [3.8, 4) is 5.75 Å². The highest BCUT2D eigenvalue weighted by molar-refractivity contribution is 5.85. The van der Waals surface area contributed by atoms with Gasteiger partial charge in [-0.25, -0.2) is 0 Å². The molecule has 0 bridgehead atoms. The van der Waals surface area contributed by atoms with E-state index < -0.39 is 18.5 Å². The van der Waals surface area contributed by atoms with E-state index in [4.69, 9.17) is 5.73 Å². The molecule has 0 fully saturated rings. The summed E-state index contributed by atoms with van der Waals surface area (Å²) in [5, 5.41) is 9.21. The van der Waals surface area contributed by atoms with Crippen molar-refractivity contribution in [2.75, 3.05) is 0 Å². The lowest BCUT2D eigenvalue weighted by molar-refractivity contribution is -0.274. The quantitative estimate of drug-likeness (QED) is 0.887. The van der Waals surface area contributed by atoms with Gasteiger partial charge in [-0.15, -0.1) is 25.6 Å². The van der Waals surface area contributed by atoms with Crippen LogP contribution in [0.5, 0.6) is 5.75 Å². The van der Waals surface area contributed by atoms with E-state index >= 15 is 0 Å². The van der Waals surface area contributed by atoms with Crippen LogP contribution in [0.4, 0.5) is 13.2 Å². The normalized spacial score (nSPS) is 14.7. The van der Waals surface area contributed by atoms with Crippen molar-refractivity contribution < 1.29 is 23.0 Å². The molecule has 0 aliphatic rings. The predicted molar refractivity (Wildman–Crippen MR) is 59.0 cm³/mol. The fourth-order valence-electron chi connectivity index (χ4n) is 1.20. The summed E-state index contributed by atoms with van der Waals surface area (Å²) >= 11 is 0. The largest absolute Gasteiger partial charge is 0.573 e. The van der Waals surface area contributed by atoms with Crippen LogP contribution in [0.1, 0.15) is 18.5 Å². The Morgan fingerprint density at radius 3 is 2.41 bits per heavy atom. The molecule has 98 valence electrons. The Labute approximate surface area is 103 Å². The number of halogens is 4. The molecule has 2 atom stereocenters. The fourth-order valence-corrected chi connectivity index (χ4v) is 1.20. The monoisotopic (exact) mass is 271 g/mol. The molecule has 3 N–H and O–H groups in total. The molecule has 7 heteroatoms. The van der Waals surface area contributed by atoms with Gasteiger partial charge in [0.2, 0.25) is 0 Å². The van der Waals surface area contributed by atoms with E-state index in [-0.39, 0.29) is 18.2 Å². The van der Waals surface area contributed by atoms with Crippen molar-refractivity contribution in [2.24, 2.45) is 5.73 Å². The molecule has 0 amide bonds. The lowest BCUT2D eigenvalue weighted by Crippen LogP contribution is -2.23. The maximum absolute atomic E-state index is 11.9. The summed E-state index contributed by atoms with van der Waals surface area (Å²) in [6.07, 6.45) is -5.57. The minimum atomic E-state index is -4.73. The molecule has 0 spiro atoms. The molecule has 1 aromatic rings. The van der Waals surface area contributed by atoms with Gasteiger partial charge in [0.15, 0.2) is 0 Å². The SMILES string of the molecule is C[C@H](O)[C@H](N)c1cccc(OC(F)(F)F)c1.Cl. The van der Waals surface area contributed by atoms with Gasteiger partial charge in [-0.1, -0.05) is 12.1 Å². The predicted octanol–water partition coefficient (Wildman–Crippen LogP) is 2.39.